The zero-order chi connectivity index (χ0) is 23.2. The molecule has 0 bridgehead atoms. The summed E-state index contributed by atoms with van der Waals surface area (Å²) in [4.78, 5) is 27.7. The average molecular weight is 446 g/mol. The Morgan fingerprint density at radius 3 is 2.33 bits per heavy atom. The van der Waals surface area contributed by atoms with E-state index in [9.17, 15) is 14.0 Å². The molecule has 0 unspecified atom stereocenters. The molecule has 1 saturated heterocycles. The number of amides is 2. The van der Waals surface area contributed by atoms with Gasteiger partial charge in [-0.05, 0) is 49.6 Å². The van der Waals surface area contributed by atoms with E-state index in [0.29, 0.717) is 49.4 Å². The fraction of sp³-hybridized carbons (Fsp3) is 0.259. The first-order valence-electron chi connectivity index (χ1n) is 11.2. The lowest BCUT2D eigenvalue weighted by Crippen LogP contribution is -2.38. The topological polar surface area (TPSA) is 61.4 Å². The summed E-state index contributed by atoms with van der Waals surface area (Å²) in [6, 6.07) is 21.7. The third-order valence-electron chi connectivity index (χ3n) is 6.06. The minimum Gasteiger partial charge on any atom is -0.369 e. The molecule has 33 heavy (non-hydrogen) atoms. The first kappa shape index (κ1) is 22.5. The second-order valence-electron chi connectivity index (χ2n) is 8.42. The number of anilines is 2. The Bertz CT molecular complexity index is 1120. The Balaban J connectivity index is 1.35. The summed E-state index contributed by atoms with van der Waals surface area (Å²) >= 11 is 0. The summed E-state index contributed by atoms with van der Waals surface area (Å²) in [6.45, 7) is 3.65. The van der Waals surface area contributed by atoms with E-state index in [1.54, 1.807) is 36.4 Å². The molecule has 5 nitrogen and oxygen atoms in total. The fourth-order valence-electron chi connectivity index (χ4n) is 4.10. The zero-order valence-corrected chi connectivity index (χ0v) is 18.7. The van der Waals surface area contributed by atoms with Crippen molar-refractivity contribution < 1.29 is 14.0 Å². The van der Waals surface area contributed by atoms with Crippen LogP contribution in [0.4, 0.5) is 15.8 Å². The predicted octanol–water partition coefficient (Wildman–Crippen LogP) is 4.92. The molecule has 2 N–H and O–H groups in total. The van der Waals surface area contributed by atoms with Gasteiger partial charge in [0, 0.05) is 25.6 Å². The second-order valence-corrected chi connectivity index (χ2v) is 8.42. The van der Waals surface area contributed by atoms with Gasteiger partial charge in [-0.25, -0.2) is 4.39 Å². The van der Waals surface area contributed by atoms with Crippen LogP contribution in [-0.4, -0.2) is 24.9 Å². The molecule has 1 aliphatic heterocycles. The molecule has 6 heteroatoms. The number of hydrogen-bond donors (Lipinski definition) is 2. The van der Waals surface area contributed by atoms with Gasteiger partial charge in [0.15, 0.2) is 0 Å². The van der Waals surface area contributed by atoms with Gasteiger partial charge in [-0.2, -0.15) is 0 Å². The van der Waals surface area contributed by atoms with Crippen molar-refractivity contribution in [3.63, 3.8) is 0 Å². The average Bonchev–Trinajstić information content (AvgIpc) is 2.84. The molecule has 0 atom stereocenters. The third kappa shape index (κ3) is 5.58. The highest BCUT2D eigenvalue weighted by Gasteiger charge is 2.27. The maximum atomic E-state index is 14.1. The Morgan fingerprint density at radius 2 is 1.61 bits per heavy atom. The zero-order valence-electron chi connectivity index (χ0n) is 18.7. The van der Waals surface area contributed by atoms with Crippen LogP contribution < -0.4 is 15.5 Å². The van der Waals surface area contributed by atoms with E-state index >= 15 is 0 Å². The minimum absolute atomic E-state index is 0.109. The van der Waals surface area contributed by atoms with Gasteiger partial charge in [-0.15, -0.1) is 0 Å². The van der Waals surface area contributed by atoms with Crippen LogP contribution in [0.5, 0.6) is 0 Å². The van der Waals surface area contributed by atoms with Gasteiger partial charge in [0.2, 0.25) is 5.91 Å². The van der Waals surface area contributed by atoms with Gasteiger partial charge in [0.05, 0.1) is 16.9 Å². The van der Waals surface area contributed by atoms with Crippen molar-refractivity contribution in [3.05, 3.63) is 95.3 Å². The van der Waals surface area contributed by atoms with E-state index < -0.39 is 0 Å². The molecular weight excluding hydrogens is 417 g/mol. The van der Waals surface area contributed by atoms with Gasteiger partial charge < -0.3 is 15.5 Å². The molecule has 1 heterocycles. The number of rotatable bonds is 6. The second kappa shape index (κ2) is 10.3. The first-order valence-corrected chi connectivity index (χ1v) is 11.2. The maximum absolute atomic E-state index is 14.1. The summed E-state index contributed by atoms with van der Waals surface area (Å²) in [7, 11) is 0. The van der Waals surface area contributed by atoms with Gasteiger partial charge in [-0.1, -0.05) is 54.1 Å². The first-order chi connectivity index (χ1) is 16.0. The highest BCUT2D eigenvalue weighted by molar-refractivity contribution is 6.04. The standard InChI is InChI=1S/C27H28FN3O2/c1-19-10-12-20(13-11-19)18-29-27(33)22-6-2-4-8-24(22)30-26(32)21-14-16-31(17-15-21)25-9-5-3-7-23(25)28/h2-13,21H,14-18H2,1H3,(H,29,33)(H,30,32). The number of benzene rings is 3. The van der Waals surface area contributed by atoms with Crippen LogP contribution in [0, 0.1) is 18.7 Å². The molecule has 170 valence electrons. The lowest BCUT2D eigenvalue weighted by molar-refractivity contribution is -0.120. The normalized spacial score (nSPS) is 14.1. The molecular formula is C27H28FN3O2. The van der Waals surface area contributed by atoms with Crippen molar-refractivity contribution >= 4 is 23.2 Å². The Kier molecular flexibility index (Phi) is 7.03. The van der Waals surface area contributed by atoms with E-state index in [-0.39, 0.29) is 23.5 Å². The van der Waals surface area contributed by atoms with Gasteiger partial charge >= 0.3 is 0 Å². The van der Waals surface area contributed by atoms with Crippen LogP contribution in [0.2, 0.25) is 0 Å². The quantitative estimate of drug-likeness (QED) is 0.566. The summed E-state index contributed by atoms with van der Waals surface area (Å²) < 4.78 is 14.1. The Morgan fingerprint density at radius 1 is 0.939 bits per heavy atom. The van der Waals surface area contributed by atoms with Crippen LogP contribution in [0.3, 0.4) is 0 Å². The molecule has 4 rings (SSSR count). The largest absolute Gasteiger partial charge is 0.369 e. The minimum atomic E-state index is -0.244. The monoisotopic (exact) mass is 445 g/mol. The van der Waals surface area contributed by atoms with E-state index in [1.165, 1.54) is 6.07 Å². The number of carbonyl (C=O) groups is 2. The molecule has 1 aliphatic rings. The number of piperidine rings is 1. The number of nitrogens with one attached hydrogen (secondary N) is 2. The molecule has 0 saturated carbocycles. The molecule has 3 aromatic rings. The number of aryl methyl sites for hydroxylation is 1. The van der Waals surface area contributed by atoms with Crippen molar-refractivity contribution in [3.8, 4) is 0 Å². The molecule has 3 aromatic carbocycles. The molecule has 0 spiro atoms. The Hall–Kier alpha value is -3.67. The van der Waals surface area contributed by atoms with Gasteiger partial charge in [-0.3, -0.25) is 9.59 Å². The van der Waals surface area contributed by atoms with Crippen LogP contribution in [0.25, 0.3) is 0 Å². The Labute approximate surface area is 193 Å². The van der Waals surface area contributed by atoms with Crippen LogP contribution >= 0.6 is 0 Å². The SMILES string of the molecule is Cc1ccc(CNC(=O)c2ccccc2NC(=O)C2CCN(c3ccccc3F)CC2)cc1. The molecule has 0 aliphatic carbocycles. The number of halogens is 1. The lowest BCUT2D eigenvalue weighted by Gasteiger charge is -2.33. The van der Waals surface area contributed by atoms with E-state index in [1.807, 2.05) is 42.2 Å². The van der Waals surface area contributed by atoms with E-state index in [0.717, 1.165) is 11.1 Å². The molecule has 0 radical (unpaired) electrons. The highest BCUT2D eigenvalue weighted by atomic mass is 19.1. The molecule has 2 amide bonds. The smallest absolute Gasteiger partial charge is 0.253 e. The van der Waals surface area contributed by atoms with Crippen LogP contribution in [0.15, 0.2) is 72.8 Å². The van der Waals surface area contributed by atoms with Crippen LogP contribution in [-0.2, 0) is 11.3 Å². The molecule has 0 aromatic heterocycles. The number of para-hydroxylation sites is 2. The van der Waals surface area contributed by atoms with Crippen molar-refractivity contribution in [2.24, 2.45) is 5.92 Å². The number of hydrogen-bond acceptors (Lipinski definition) is 3. The number of carbonyl (C=O) groups excluding carboxylic acids is 2. The highest BCUT2D eigenvalue weighted by Crippen LogP contribution is 2.27. The molecule has 1 fully saturated rings. The predicted molar refractivity (Wildman–Crippen MR) is 129 cm³/mol. The van der Waals surface area contributed by atoms with Gasteiger partial charge in [0.25, 0.3) is 5.91 Å². The summed E-state index contributed by atoms with van der Waals surface area (Å²) in [5.41, 5.74) is 3.68. The summed E-state index contributed by atoms with van der Waals surface area (Å²) in [5.74, 6) is -0.773. The van der Waals surface area contributed by atoms with Crippen molar-refractivity contribution in [2.75, 3.05) is 23.3 Å². The van der Waals surface area contributed by atoms with Crippen LogP contribution in [0.1, 0.15) is 34.3 Å². The summed E-state index contributed by atoms with van der Waals surface area (Å²) in [6.07, 6.45) is 1.25. The van der Waals surface area contributed by atoms with Crippen molar-refractivity contribution in [1.29, 1.82) is 0 Å². The fourth-order valence-corrected chi connectivity index (χ4v) is 4.10. The van der Waals surface area contributed by atoms with E-state index in [2.05, 4.69) is 10.6 Å². The van der Waals surface area contributed by atoms with Crippen molar-refractivity contribution in [2.45, 2.75) is 26.3 Å². The van der Waals surface area contributed by atoms with Crippen molar-refractivity contribution in [1.82, 2.24) is 5.32 Å². The maximum Gasteiger partial charge on any atom is 0.253 e. The van der Waals surface area contributed by atoms with E-state index in [4.69, 9.17) is 0 Å². The van der Waals surface area contributed by atoms with Gasteiger partial charge in [0.1, 0.15) is 5.82 Å². The lowest BCUT2D eigenvalue weighted by atomic mass is 9.95. The summed E-state index contributed by atoms with van der Waals surface area (Å²) in [5, 5.41) is 5.87. The third-order valence-corrected chi connectivity index (χ3v) is 6.06. The number of nitrogens with zero attached hydrogens (tertiary/aromatic N) is 1.